The van der Waals surface area contributed by atoms with E-state index in [-0.39, 0.29) is 16.9 Å². The summed E-state index contributed by atoms with van der Waals surface area (Å²) in [5, 5.41) is 0.148. The molecule has 5 heteroatoms. The number of aromatic amines is 1. The lowest BCUT2D eigenvalue weighted by atomic mass is 9.88. The molecule has 2 aliphatic rings. The Labute approximate surface area is 134 Å². The fraction of sp³-hybridized carbons (Fsp3) is 0.222. The second-order valence-electron chi connectivity index (χ2n) is 5.74. The molecule has 0 spiro atoms. The predicted molar refractivity (Wildman–Crippen MR) is 89.4 cm³/mol. The van der Waals surface area contributed by atoms with Gasteiger partial charge in [0.25, 0.3) is 5.56 Å². The largest absolute Gasteiger partial charge is 0.443 e. The molecular weight excluding hydrogens is 292 g/mol. The molecule has 0 saturated heterocycles. The van der Waals surface area contributed by atoms with Crippen LogP contribution in [0.4, 0.5) is 0 Å². The van der Waals surface area contributed by atoms with E-state index in [1.54, 1.807) is 13.0 Å². The molecule has 2 aromatic rings. The van der Waals surface area contributed by atoms with Gasteiger partial charge in [-0.25, -0.2) is 4.79 Å². The topological polar surface area (TPSA) is 68.0 Å². The zero-order chi connectivity index (χ0) is 17.9. The number of rotatable bonds is 0. The van der Waals surface area contributed by atoms with Crippen molar-refractivity contribution in [3.63, 3.8) is 0 Å². The lowest BCUT2D eigenvalue weighted by molar-refractivity contribution is 0.514. The number of aromatic nitrogens is 2. The molecule has 0 aliphatic heterocycles. The van der Waals surface area contributed by atoms with Gasteiger partial charge >= 0.3 is 5.69 Å². The number of allylic oxidation sites excluding steroid dienone is 7. The number of hydrogen-bond acceptors (Lipinski definition) is 3. The Morgan fingerprint density at radius 1 is 1.35 bits per heavy atom. The maximum Gasteiger partial charge on any atom is 0.330 e. The molecule has 1 N–H and O–H groups in total. The summed E-state index contributed by atoms with van der Waals surface area (Å²) in [4.78, 5) is 25.2. The van der Waals surface area contributed by atoms with Gasteiger partial charge in [-0.15, -0.1) is 0 Å². The van der Waals surface area contributed by atoms with Crippen LogP contribution in [-0.2, 0) is 7.05 Å². The number of nitrogens with zero attached hydrogens (tertiary/aromatic N) is 1. The zero-order valence-electron chi connectivity index (χ0n) is 14.8. The Hall–Kier alpha value is -2.82. The standard InChI is InChI=1S/C18H16N2O3/c1-10-12-6-4-3-5-11(9-12)7-8-13-14-16(23-15(10)13)19-18(22)20(2)17(14)21/h3-8,10H,9H2,1-2H3,(H,19,22)/b8-7-/t10-/m1/s1/i10D/hD. The lowest BCUT2D eigenvalue weighted by Crippen LogP contribution is -2.32. The molecule has 5 nitrogen and oxygen atoms in total. The summed E-state index contributed by atoms with van der Waals surface area (Å²) < 4.78 is 23.5. The van der Waals surface area contributed by atoms with E-state index in [1.165, 1.54) is 7.05 Å². The predicted octanol–water partition coefficient (Wildman–Crippen LogP) is 2.76. The molecule has 2 aliphatic carbocycles. The van der Waals surface area contributed by atoms with Crippen molar-refractivity contribution in [3.8, 4) is 0 Å². The molecule has 0 radical (unpaired) electrons. The van der Waals surface area contributed by atoms with Crippen molar-refractivity contribution in [3.05, 3.63) is 73.7 Å². The zero-order valence-corrected chi connectivity index (χ0v) is 12.8. The van der Waals surface area contributed by atoms with Crippen LogP contribution < -0.4 is 11.2 Å². The minimum atomic E-state index is -1.23. The smallest absolute Gasteiger partial charge is 0.330 e. The molecule has 2 bridgehead atoms. The van der Waals surface area contributed by atoms with Gasteiger partial charge in [0.2, 0.25) is 5.71 Å². The second-order valence-corrected chi connectivity index (χ2v) is 5.74. The first-order valence-electron chi connectivity index (χ1n) is 8.30. The van der Waals surface area contributed by atoms with E-state index in [9.17, 15) is 9.59 Å². The SMILES string of the molecule is [2H]n1c(=O)n(C)c(=O)c2c3c(oc21)[C@]([2H])(C)C1=CC=CC=C(/C=C\3)C1. The van der Waals surface area contributed by atoms with Gasteiger partial charge in [-0.1, -0.05) is 49.0 Å². The molecule has 1 atom stereocenters. The average Bonchev–Trinajstić information content (AvgIpc) is 2.78. The Morgan fingerprint density at radius 2 is 2.13 bits per heavy atom. The lowest BCUT2D eigenvalue weighted by Gasteiger charge is -2.17. The van der Waals surface area contributed by atoms with E-state index in [4.69, 9.17) is 7.20 Å². The van der Waals surface area contributed by atoms with Crippen LogP contribution >= 0.6 is 0 Å². The minimum Gasteiger partial charge on any atom is -0.443 e. The third-order valence-electron chi connectivity index (χ3n) is 4.33. The van der Waals surface area contributed by atoms with Crippen LogP contribution in [0.2, 0.25) is 1.41 Å². The van der Waals surface area contributed by atoms with E-state index in [2.05, 4.69) is 0 Å². The molecule has 0 fully saturated rings. The molecule has 116 valence electrons. The highest BCUT2D eigenvalue weighted by Gasteiger charge is 2.25. The number of H-pyrrole nitrogens is 1. The van der Waals surface area contributed by atoms with Crippen LogP contribution in [0.3, 0.4) is 0 Å². The summed E-state index contributed by atoms with van der Waals surface area (Å²) in [6, 6.07) is 0. The summed E-state index contributed by atoms with van der Waals surface area (Å²) in [7, 11) is 1.33. The first kappa shape index (κ1) is 11.7. The van der Waals surface area contributed by atoms with E-state index >= 15 is 0 Å². The molecule has 0 unspecified atom stereocenters. The molecule has 23 heavy (non-hydrogen) atoms. The van der Waals surface area contributed by atoms with Gasteiger partial charge in [0.15, 0.2) is 1.41 Å². The van der Waals surface area contributed by atoms with Crippen molar-refractivity contribution in [1.82, 2.24) is 9.54 Å². The van der Waals surface area contributed by atoms with E-state index < -0.39 is 17.1 Å². The quantitative estimate of drug-likeness (QED) is 0.813. The van der Waals surface area contributed by atoms with Crippen LogP contribution in [0.1, 0.15) is 31.9 Å². The molecule has 4 rings (SSSR count). The number of fused-ring (bicyclic) bond motifs is 5. The Bertz CT molecular complexity index is 1150. The van der Waals surface area contributed by atoms with Crippen molar-refractivity contribution in [2.75, 3.05) is 0 Å². The first-order valence-corrected chi connectivity index (χ1v) is 7.35. The number of hydrogen-bond donors (Lipinski definition) is 1. The summed E-state index contributed by atoms with van der Waals surface area (Å²) >= 11 is 0. The molecular formula is C18H16N2O3. The van der Waals surface area contributed by atoms with E-state index in [0.717, 1.165) is 15.7 Å². The molecule has 0 amide bonds. The van der Waals surface area contributed by atoms with Crippen LogP contribution in [0.15, 0.2) is 55.5 Å². The Morgan fingerprint density at radius 3 is 2.96 bits per heavy atom. The molecule has 0 aromatic carbocycles. The third kappa shape index (κ3) is 2.00. The minimum absolute atomic E-state index is 0.124. The van der Waals surface area contributed by atoms with Crippen molar-refractivity contribution in [2.45, 2.75) is 19.2 Å². The van der Waals surface area contributed by atoms with Crippen LogP contribution in [0, 0.1) is 0 Å². The normalized spacial score (nSPS) is 25.5. The van der Waals surface area contributed by atoms with Crippen molar-refractivity contribution >= 4 is 17.2 Å². The van der Waals surface area contributed by atoms with Gasteiger partial charge in [0.05, 0.1) is 0 Å². The third-order valence-corrected chi connectivity index (χ3v) is 4.33. The van der Waals surface area contributed by atoms with Crippen LogP contribution in [0.5, 0.6) is 0 Å². The highest BCUT2D eigenvalue weighted by atomic mass is 16.3. The van der Waals surface area contributed by atoms with Crippen LogP contribution in [0.25, 0.3) is 17.2 Å². The van der Waals surface area contributed by atoms with Gasteiger partial charge in [0, 0.05) is 19.9 Å². The molecule has 0 saturated carbocycles. The average molecular weight is 310 g/mol. The van der Waals surface area contributed by atoms with Crippen molar-refractivity contribution in [2.24, 2.45) is 7.05 Å². The van der Waals surface area contributed by atoms with E-state index in [1.807, 2.05) is 30.4 Å². The number of furan rings is 1. The Balaban J connectivity index is 2.19. The monoisotopic (exact) mass is 310 g/mol. The molecule has 2 heterocycles. The first-order chi connectivity index (χ1) is 11.8. The highest BCUT2D eigenvalue weighted by molar-refractivity contribution is 5.86. The second kappa shape index (κ2) is 4.84. The van der Waals surface area contributed by atoms with Crippen molar-refractivity contribution in [1.29, 1.82) is 0 Å². The van der Waals surface area contributed by atoms with Gasteiger partial charge in [0.1, 0.15) is 11.1 Å². The maximum atomic E-state index is 12.6. The van der Waals surface area contributed by atoms with E-state index in [0.29, 0.717) is 17.0 Å². The fourth-order valence-corrected chi connectivity index (χ4v) is 2.97. The van der Waals surface area contributed by atoms with Gasteiger partial charge < -0.3 is 4.42 Å². The summed E-state index contributed by atoms with van der Waals surface area (Å²) in [5.74, 6) is -0.962. The number of nitrogens with one attached hydrogen (secondary N) is 1. The highest BCUT2D eigenvalue weighted by Crippen LogP contribution is 2.38. The van der Waals surface area contributed by atoms with Crippen LogP contribution in [-0.4, -0.2) is 9.54 Å². The van der Waals surface area contributed by atoms with Crippen molar-refractivity contribution < 1.29 is 7.20 Å². The fourth-order valence-electron chi connectivity index (χ4n) is 2.97. The maximum absolute atomic E-state index is 12.6. The summed E-state index contributed by atoms with van der Waals surface area (Å²) in [5.41, 5.74) is 0.837. The Kier molecular flexibility index (Phi) is 2.47. The van der Waals surface area contributed by atoms with Gasteiger partial charge in [-0.2, -0.15) is 0 Å². The summed E-state index contributed by atoms with van der Waals surface area (Å²) in [6.07, 6.45) is 11.8. The molecule has 2 aromatic heterocycles. The summed E-state index contributed by atoms with van der Waals surface area (Å²) in [6.45, 7) is 1.70. The van der Waals surface area contributed by atoms with Gasteiger partial charge in [-0.3, -0.25) is 14.3 Å². The van der Waals surface area contributed by atoms with Gasteiger partial charge in [-0.05, 0) is 12.0 Å².